The van der Waals surface area contributed by atoms with Gasteiger partial charge in [-0.2, -0.15) is 0 Å². The van der Waals surface area contributed by atoms with Crippen LogP contribution in [0.15, 0.2) is 18.2 Å². The molecule has 0 spiro atoms. The van der Waals surface area contributed by atoms with Gasteiger partial charge in [0.1, 0.15) is 5.82 Å². The number of halogens is 2. The smallest absolute Gasteiger partial charge is 0.310 e. The van der Waals surface area contributed by atoms with Crippen LogP contribution in [-0.4, -0.2) is 37.0 Å². The number of rotatable bonds is 2. The van der Waals surface area contributed by atoms with E-state index < -0.39 is 5.82 Å². The van der Waals surface area contributed by atoms with E-state index in [4.69, 9.17) is 11.6 Å². The zero-order valence-corrected chi connectivity index (χ0v) is 11.1. The summed E-state index contributed by atoms with van der Waals surface area (Å²) in [5, 5.41) is -0.186. The number of methoxy groups -OCH3 is 1. The molecule has 1 heterocycles. The maximum atomic E-state index is 13.3. The van der Waals surface area contributed by atoms with Crippen LogP contribution in [0.4, 0.5) is 4.39 Å². The van der Waals surface area contributed by atoms with E-state index in [0.717, 1.165) is 0 Å². The van der Waals surface area contributed by atoms with Crippen LogP contribution in [0.25, 0.3) is 0 Å². The van der Waals surface area contributed by atoms with Crippen molar-refractivity contribution in [2.75, 3.05) is 20.2 Å². The fourth-order valence-electron chi connectivity index (χ4n) is 2.14. The fraction of sp³-hybridized carbons (Fsp3) is 0.385. The number of carbonyl (C=O) groups excluding carboxylic acids is 2. The van der Waals surface area contributed by atoms with Crippen molar-refractivity contribution < 1.29 is 18.7 Å². The van der Waals surface area contributed by atoms with E-state index >= 15 is 0 Å². The monoisotopic (exact) mass is 285 g/mol. The molecule has 1 saturated heterocycles. The Balaban J connectivity index is 2.14. The Morgan fingerprint density at radius 1 is 1.47 bits per heavy atom. The minimum absolute atomic E-state index is 0.118. The second-order valence-electron chi connectivity index (χ2n) is 4.36. The highest BCUT2D eigenvalue weighted by Crippen LogP contribution is 2.25. The fourth-order valence-corrected chi connectivity index (χ4v) is 2.35. The van der Waals surface area contributed by atoms with Crippen molar-refractivity contribution in [3.63, 3.8) is 0 Å². The summed E-state index contributed by atoms with van der Waals surface area (Å²) in [5.74, 6) is -1.64. The molecular weight excluding hydrogens is 273 g/mol. The summed E-state index contributed by atoms with van der Waals surface area (Å²) in [6.45, 7) is 0.712. The van der Waals surface area contributed by atoms with Gasteiger partial charge >= 0.3 is 5.97 Å². The number of hydrogen-bond donors (Lipinski definition) is 0. The van der Waals surface area contributed by atoms with Gasteiger partial charge in [0.25, 0.3) is 5.91 Å². The van der Waals surface area contributed by atoms with Gasteiger partial charge in [0.2, 0.25) is 0 Å². The molecule has 1 amide bonds. The van der Waals surface area contributed by atoms with Crippen molar-refractivity contribution >= 4 is 23.5 Å². The van der Waals surface area contributed by atoms with E-state index in [2.05, 4.69) is 4.74 Å². The van der Waals surface area contributed by atoms with Gasteiger partial charge in [0.15, 0.2) is 0 Å². The van der Waals surface area contributed by atoms with Crippen LogP contribution >= 0.6 is 11.6 Å². The molecule has 1 fully saturated rings. The first-order valence-corrected chi connectivity index (χ1v) is 6.23. The molecule has 19 heavy (non-hydrogen) atoms. The Morgan fingerprint density at radius 3 is 2.89 bits per heavy atom. The Labute approximate surface area is 115 Å². The highest BCUT2D eigenvalue weighted by molar-refractivity contribution is 6.34. The molecule has 0 N–H and O–H groups in total. The highest BCUT2D eigenvalue weighted by Gasteiger charge is 2.32. The molecule has 1 aromatic rings. The Hall–Kier alpha value is -1.62. The van der Waals surface area contributed by atoms with E-state index in [-0.39, 0.29) is 34.9 Å². The third kappa shape index (κ3) is 2.71. The molecule has 4 nitrogen and oxygen atoms in total. The predicted octanol–water partition coefficient (Wildman–Crippen LogP) is 2.11. The van der Waals surface area contributed by atoms with Crippen LogP contribution in [0.1, 0.15) is 16.8 Å². The van der Waals surface area contributed by atoms with Gasteiger partial charge < -0.3 is 9.64 Å². The molecule has 0 radical (unpaired) electrons. The number of nitrogens with zero attached hydrogens (tertiary/aromatic N) is 1. The lowest BCUT2D eigenvalue weighted by atomic mass is 10.1. The van der Waals surface area contributed by atoms with Crippen molar-refractivity contribution in [3.8, 4) is 0 Å². The molecule has 1 atom stereocenters. The van der Waals surface area contributed by atoms with Gasteiger partial charge in [0.05, 0.1) is 23.6 Å². The Bertz CT molecular complexity index is 521. The zero-order chi connectivity index (χ0) is 14.0. The normalized spacial score (nSPS) is 18.5. The van der Waals surface area contributed by atoms with Crippen LogP contribution in [0.3, 0.4) is 0 Å². The minimum Gasteiger partial charge on any atom is -0.469 e. The van der Waals surface area contributed by atoms with Gasteiger partial charge in [-0.3, -0.25) is 9.59 Å². The molecule has 0 bridgehead atoms. The first-order chi connectivity index (χ1) is 9.04. The molecular formula is C13H13ClFNO3. The van der Waals surface area contributed by atoms with Crippen LogP contribution in [0.5, 0.6) is 0 Å². The molecule has 2 rings (SSSR count). The summed E-state index contributed by atoms with van der Waals surface area (Å²) in [7, 11) is 1.32. The number of benzene rings is 1. The quantitative estimate of drug-likeness (QED) is 0.782. The highest BCUT2D eigenvalue weighted by atomic mass is 35.5. The van der Waals surface area contributed by atoms with Crippen molar-refractivity contribution in [2.24, 2.45) is 5.92 Å². The third-order valence-corrected chi connectivity index (χ3v) is 3.58. The van der Waals surface area contributed by atoms with E-state index in [1.807, 2.05) is 0 Å². The van der Waals surface area contributed by atoms with E-state index in [0.29, 0.717) is 13.0 Å². The Kier molecular flexibility index (Phi) is 4.04. The van der Waals surface area contributed by atoms with Crippen LogP contribution in [0, 0.1) is 11.7 Å². The molecule has 6 heteroatoms. The molecule has 1 aromatic carbocycles. The average molecular weight is 286 g/mol. The largest absolute Gasteiger partial charge is 0.469 e. The summed E-state index contributed by atoms with van der Waals surface area (Å²) in [6, 6.07) is 4.10. The SMILES string of the molecule is COC(=O)C1CCN(C(=O)c2cccc(F)c2Cl)C1. The standard InChI is InChI=1S/C13H13ClFNO3/c1-19-13(18)8-5-6-16(7-8)12(17)9-3-2-4-10(15)11(9)14/h2-4,8H,5-7H2,1H3. The minimum atomic E-state index is -0.628. The van der Waals surface area contributed by atoms with Gasteiger partial charge in [-0.1, -0.05) is 17.7 Å². The first-order valence-electron chi connectivity index (χ1n) is 5.85. The van der Waals surface area contributed by atoms with Gasteiger partial charge in [-0.25, -0.2) is 4.39 Å². The number of likely N-dealkylation sites (tertiary alicyclic amines) is 1. The molecule has 102 valence electrons. The molecule has 1 aliphatic rings. The number of ether oxygens (including phenoxy) is 1. The maximum absolute atomic E-state index is 13.3. The zero-order valence-electron chi connectivity index (χ0n) is 10.4. The lowest BCUT2D eigenvalue weighted by Crippen LogP contribution is -2.30. The summed E-state index contributed by atoms with van der Waals surface area (Å²) >= 11 is 5.78. The number of hydrogen-bond acceptors (Lipinski definition) is 3. The van der Waals surface area contributed by atoms with Crippen LogP contribution in [0.2, 0.25) is 5.02 Å². The molecule has 0 aromatic heterocycles. The lowest BCUT2D eigenvalue weighted by molar-refractivity contribution is -0.144. The number of esters is 1. The third-order valence-electron chi connectivity index (χ3n) is 3.19. The Morgan fingerprint density at radius 2 is 2.21 bits per heavy atom. The summed E-state index contributed by atoms with van der Waals surface area (Å²) in [5.41, 5.74) is 0.118. The summed E-state index contributed by atoms with van der Waals surface area (Å²) in [6.07, 6.45) is 0.547. The maximum Gasteiger partial charge on any atom is 0.310 e. The molecule has 0 aliphatic carbocycles. The predicted molar refractivity (Wildman–Crippen MR) is 67.4 cm³/mol. The molecule has 1 aliphatic heterocycles. The van der Waals surface area contributed by atoms with Crippen molar-refractivity contribution in [1.82, 2.24) is 4.90 Å². The summed E-state index contributed by atoms with van der Waals surface area (Å²) < 4.78 is 18.0. The number of carbonyl (C=O) groups is 2. The van der Waals surface area contributed by atoms with Crippen molar-refractivity contribution in [3.05, 3.63) is 34.6 Å². The topological polar surface area (TPSA) is 46.6 Å². The second-order valence-corrected chi connectivity index (χ2v) is 4.74. The van der Waals surface area contributed by atoms with Crippen molar-refractivity contribution in [1.29, 1.82) is 0 Å². The summed E-state index contributed by atoms with van der Waals surface area (Å²) in [4.78, 5) is 25.1. The molecule has 0 saturated carbocycles. The molecule has 1 unspecified atom stereocenters. The lowest BCUT2D eigenvalue weighted by Gasteiger charge is -2.17. The van der Waals surface area contributed by atoms with Gasteiger partial charge in [0, 0.05) is 13.1 Å². The van der Waals surface area contributed by atoms with Crippen LogP contribution in [-0.2, 0) is 9.53 Å². The second kappa shape index (κ2) is 5.57. The number of amides is 1. The van der Waals surface area contributed by atoms with Gasteiger partial charge in [-0.15, -0.1) is 0 Å². The van der Waals surface area contributed by atoms with E-state index in [1.165, 1.54) is 30.2 Å². The van der Waals surface area contributed by atoms with Crippen LogP contribution < -0.4 is 0 Å². The van der Waals surface area contributed by atoms with Crippen molar-refractivity contribution in [2.45, 2.75) is 6.42 Å². The van der Waals surface area contributed by atoms with Gasteiger partial charge in [-0.05, 0) is 18.6 Å². The van der Waals surface area contributed by atoms with E-state index in [9.17, 15) is 14.0 Å². The first kappa shape index (κ1) is 13.8. The van der Waals surface area contributed by atoms with E-state index in [1.54, 1.807) is 0 Å². The average Bonchev–Trinajstić information content (AvgIpc) is 2.90.